The van der Waals surface area contributed by atoms with Crippen molar-refractivity contribution in [2.45, 2.75) is 33.4 Å². The van der Waals surface area contributed by atoms with Gasteiger partial charge in [0.2, 0.25) is 11.8 Å². The first kappa shape index (κ1) is 18.8. The van der Waals surface area contributed by atoms with Gasteiger partial charge in [0.1, 0.15) is 0 Å². The molecule has 0 radical (unpaired) electrons. The Kier molecular flexibility index (Phi) is 5.55. The second-order valence-corrected chi connectivity index (χ2v) is 7.79. The van der Waals surface area contributed by atoms with Gasteiger partial charge in [-0.15, -0.1) is 10.2 Å². The molecule has 0 amide bonds. The van der Waals surface area contributed by atoms with E-state index in [0.29, 0.717) is 11.8 Å². The van der Waals surface area contributed by atoms with Crippen molar-refractivity contribution < 1.29 is 4.42 Å². The van der Waals surface area contributed by atoms with Gasteiger partial charge in [-0.3, -0.25) is 9.80 Å². The first-order valence-corrected chi connectivity index (χ1v) is 10.0. The third-order valence-corrected chi connectivity index (χ3v) is 5.51. The van der Waals surface area contributed by atoms with Gasteiger partial charge in [0.15, 0.2) is 0 Å². The van der Waals surface area contributed by atoms with Crippen molar-refractivity contribution in [3.63, 3.8) is 0 Å². The summed E-state index contributed by atoms with van der Waals surface area (Å²) in [5, 5.41) is 8.59. The van der Waals surface area contributed by atoms with Gasteiger partial charge in [0, 0.05) is 38.3 Å². The molecule has 0 N–H and O–H groups in total. The molecule has 0 bridgehead atoms. The number of nitrogens with zero attached hydrogens (tertiary/aromatic N) is 4. The van der Waals surface area contributed by atoms with Crippen LogP contribution in [0.3, 0.4) is 0 Å². The zero-order valence-corrected chi connectivity index (χ0v) is 16.9. The fourth-order valence-corrected chi connectivity index (χ4v) is 3.83. The highest BCUT2D eigenvalue weighted by molar-refractivity contribution is 5.53. The molecular formula is C23H28N4O. The lowest BCUT2D eigenvalue weighted by Crippen LogP contribution is -2.46. The molecule has 1 aromatic heterocycles. The Morgan fingerprint density at radius 1 is 0.929 bits per heavy atom. The third-order valence-electron chi connectivity index (χ3n) is 5.51. The van der Waals surface area contributed by atoms with Gasteiger partial charge in [-0.1, -0.05) is 47.5 Å². The monoisotopic (exact) mass is 376 g/mol. The molecule has 1 aliphatic heterocycles. The summed E-state index contributed by atoms with van der Waals surface area (Å²) in [5.74, 6) is 1.30. The average Bonchev–Trinajstić information content (AvgIpc) is 3.18. The number of benzene rings is 2. The molecule has 0 unspecified atom stereocenters. The van der Waals surface area contributed by atoms with Crippen LogP contribution >= 0.6 is 0 Å². The van der Waals surface area contributed by atoms with Crippen molar-refractivity contribution in [2.24, 2.45) is 0 Å². The fraction of sp³-hybridized carbons (Fsp3) is 0.391. The molecule has 0 spiro atoms. The lowest BCUT2D eigenvalue weighted by atomic mass is 10.1. The molecule has 5 nitrogen and oxygen atoms in total. The van der Waals surface area contributed by atoms with Crippen molar-refractivity contribution in [1.82, 2.24) is 20.0 Å². The molecule has 28 heavy (non-hydrogen) atoms. The van der Waals surface area contributed by atoms with E-state index in [1.807, 2.05) is 12.1 Å². The van der Waals surface area contributed by atoms with Crippen LogP contribution in [0.25, 0.3) is 11.5 Å². The first-order valence-electron chi connectivity index (χ1n) is 10.0. The summed E-state index contributed by atoms with van der Waals surface area (Å²) in [7, 11) is 0. The Labute approximate surface area is 167 Å². The van der Waals surface area contributed by atoms with Crippen molar-refractivity contribution in [3.8, 4) is 11.5 Å². The van der Waals surface area contributed by atoms with E-state index >= 15 is 0 Å². The Hall–Kier alpha value is -2.50. The van der Waals surface area contributed by atoms with Gasteiger partial charge >= 0.3 is 0 Å². The van der Waals surface area contributed by atoms with Gasteiger partial charge in [-0.25, -0.2) is 0 Å². The number of aromatic nitrogens is 2. The van der Waals surface area contributed by atoms with E-state index in [1.165, 1.54) is 16.7 Å². The summed E-state index contributed by atoms with van der Waals surface area (Å²) < 4.78 is 6.00. The predicted molar refractivity (Wildman–Crippen MR) is 111 cm³/mol. The second kappa shape index (κ2) is 8.25. The summed E-state index contributed by atoms with van der Waals surface area (Å²) >= 11 is 0. The van der Waals surface area contributed by atoms with Crippen LogP contribution in [0.15, 0.2) is 52.9 Å². The molecule has 1 saturated heterocycles. The van der Waals surface area contributed by atoms with Crippen LogP contribution in [0.5, 0.6) is 0 Å². The largest absolute Gasteiger partial charge is 0.419 e. The van der Waals surface area contributed by atoms with Crippen LogP contribution in [0.2, 0.25) is 0 Å². The molecule has 1 atom stereocenters. The predicted octanol–water partition coefficient (Wildman–Crippen LogP) is 4.23. The van der Waals surface area contributed by atoms with Gasteiger partial charge in [0.05, 0.1) is 6.04 Å². The lowest BCUT2D eigenvalue weighted by Gasteiger charge is -2.36. The van der Waals surface area contributed by atoms with E-state index in [2.05, 4.69) is 77.2 Å². The Balaban J connectivity index is 1.36. The van der Waals surface area contributed by atoms with Crippen LogP contribution in [0.4, 0.5) is 0 Å². The van der Waals surface area contributed by atoms with Gasteiger partial charge in [0.25, 0.3) is 0 Å². The number of hydrogen-bond acceptors (Lipinski definition) is 5. The molecule has 146 valence electrons. The minimum Gasteiger partial charge on any atom is -0.419 e. The van der Waals surface area contributed by atoms with Gasteiger partial charge in [-0.2, -0.15) is 0 Å². The number of piperazine rings is 1. The Morgan fingerprint density at radius 3 is 2.36 bits per heavy atom. The average molecular weight is 377 g/mol. The van der Waals surface area contributed by atoms with Crippen LogP contribution in [-0.2, 0) is 6.54 Å². The molecule has 2 heterocycles. The number of aryl methyl sites for hydroxylation is 2. The molecule has 2 aromatic carbocycles. The Bertz CT molecular complexity index is 928. The van der Waals surface area contributed by atoms with Crippen molar-refractivity contribution in [3.05, 3.63) is 71.1 Å². The summed E-state index contributed by atoms with van der Waals surface area (Å²) in [6.07, 6.45) is 0. The smallest absolute Gasteiger partial charge is 0.247 e. The third kappa shape index (κ3) is 4.32. The number of hydrogen-bond donors (Lipinski definition) is 0. The molecule has 0 saturated carbocycles. The van der Waals surface area contributed by atoms with Gasteiger partial charge < -0.3 is 4.42 Å². The topological polar surface area (TPSA) is 45.4 Å². The molecular weight excluding hydrogens is 348 g/mol. The van der Waals surface area contributed by atoms with E-state index in [0.717, 1.165) is 38.3 Å². The highest BCUT2D eigenvalue weighted by atomic mass is 16.4. The maximum absolute atomic E-state index is 6.00. The molecule has 4 rings (SSSR count). The van der Waals surface area contributed by atoms with Crippen LogP contribution in [0.1, 0.15) is 35.5 Å². The molecule has 1 aliphatic rings. The van der Waals surface area contributed by atoms with Crippen molar-refractivity contribution >= 4 is 0 Å². The van der Waals surface area contributed by atoms with E-state index < -0.39 is 0 Å². The standard InChI is InChI=1S/C23H28N4O/c1-17-6-4-8-20(14-17)16-26-10-12-27(13-11-26)19(3)22-24-25-23(28-22)21-9-5-7-18(2)15-21/h4-9,14-15,19H,10-13,16H2,1-3H3/t19-/m0/s1. The molecule has 3 aromatic rings. The fourth-order valence-electron chi connectivity index (χ4n) is 3.83. The van der Waals surface area contributed by atoms with Crippen LogP contribution in [-0.4, -0.2) is 46.2 Å². The second-order valence-electron chi connectivity index (χ2n) is 7.79. The maximum Gasteiger partial charge on any atom is 0.247 e. The summed E-state index contributed by atoms with van der Waals surface area (Å²) in [4.78, 5) is 4.95. The quantitative estimate of drug-likeness (QED) is 0.667. The lowest BCUT2D eigenvalue weighted by molar-refractivity contribution is 0.0876. The maximum atomic E-state index is 6.00. The highest BCUT2D eigenvalue weighted by Gasteiger charge is 2.25. The molecule has 0 aliphatic carbocycles. The Morgan fingerprint density at radius 2 is 1.64 bits per heavy atom. The minimum atomic E-state index is 0.132. The molecule has 5 heteroatoms. The SMILES string of the molecule is Cc1cccc(CN2CCN([C@@H](C)c3nnc(-c4cccc(C)c4)o3)CC2)c1. The van der Waals surface area contributed by atoms with E-state index in [4.69, 9.17) is 4.42 Å². The summed E-state index contributed by atoms with van der Waals surface area (Å²) in [5.41, 5.74) is 4.88. The zero-order valence-electron chi connectivity index (χ0n) is 16.9. The molecule has 1 fully saturated rings. The normalized spacial score (nSPS) is 17.0. The minimum absolute atomic E-state index is 0.132. The van der Waals surface area contributed by atoms with Gasteiger partial charge in [-0.05, 0) is 38.5 Å². The van der Waals surface area contributed by atoms with Crippen LogP contribution < -0.4 is 0 Å². The van der Waals surface area contributed by atoms with E-state index in [1.54, 1.807) is 0 Å². The van der Waals surface area contributed by atoms with Crippen molar-refractivity contribution in [2.75, 3.05) is 26.2 Å². The number of rotatable bonds is 5. The van der Waals surface area contributed by atoms with Crippen LogP contribution in [0, 0.1) is 13.8 Å². The zero-order chi connectivity index (χ0) is 19.5. The highest BCUT2D eigenvalue weighted by Crippen LogP contribution is 2.25. The van der Waals surface area contributed by atoms with E-state index in [-0.39, 0.29) is 6.04 Å². The summed E-state index contributed by atoms with van der Waals surface area (Å²) in [6, 6.07) is 17.1. The van der Waals surface area contributed by atoms with E-state index in [9.17, 15) is 0 Å². The first-order chi connectivity index (χ1) is 13.6. The summed E-state index contributed by atoms with van der Waals surface area (Å²) in [6.45, 7) is 11.5. The van der Waals surface area contributed by atoms with Crippen molar-refractivity contribution in [1.29, 1.82) is 0 Å².